The fourth-order valence-corrected chi connectivity index (χ4v) is 9.13. The number of benzene rings is 1. The Hall–Kier alpha value is -1.40. The molecule has 5 atom stereocenters. The highest BCUT2D eigenvalue weighted by atomic mass is 32.2. The van der Waals surface area contributed by atoms with Gasteiger partial charge in [-0.05, 0) is 36.2 Å². The monoisotopic (exact) mass is 346 g/mol. The van der Waals surface area contributed by atoms with Gasteiger partial charge in [0.15, 0.2) is 0 Å². The maximum Gasteiger partial charge on any atom is 0.241 e. The Labute approximate surface area is 142 Å². The molecule has 1 N–H and O–H groups in total. The Bertz CT molecular complexity index is 835. The van der Waals surface area contributed by atoms with Gasteiger partial charge in [-0.3, -0.25) is 4.79 Å². The molecule has 1 aromatic carbocycles. The Balaban J connectivity index is 1.54. The van der Waals surface area contributed by atoms with Gasteiger partial charge in [0.25, 0.3) is 0 Å². The van der Waals surface area contributed by atoms with E-state index in [1.807, 2.05) is 30.3 Å². The Morgan fingerprint density at radius 2 is 1.92 bits per heavy atom. The van der Waals surface area contributed by atoms with E-state index in [0.717, 1.165) is 24.8 Å². The average Bonchev–Trinajstić information content (AvgIpc) is 2.94. The third kappa shape index (κ3) is 1.35. The lowest BCUT2D eigenvalue weighted by molar-refractivity contribution is -0.137. The van der Waals surface area contributed by atoms with Gasteiger partial charge in [-0.25, -0.2) is 8.42 Å². The number of hydrogen-bond donors (Lipinski definition) is 1. The van der Waals surface area contributed by atoms with Gasteiger partial charge in [0.1, 0.15) is 10.8 Å². The van der Waals surface area contributed by atoms with Crippen molar-refractivity contribution in [1.29, 1.82) is 0 Å². The van der Waals surface area contributed by atoms with Crippen molar-refractivity contribution in [3.8, 4) is 0 Å². The first-order valence-electron chi connectivity index (χ1n) is 8.71. The van der Waals surface area contributed by atoms with Crippen LogP contribution in [0.25, 0.3) is 0 Å². The van der Waals surface area contributed by atoms with Crippen LogP contribution in [0.2, 0.25) is 0 Å². The summed E-state index contributed by atoms with van der Waals surface area (Å²) < 4.78 is 27.6. The summed E-state index contributed by atoms with van der Waals surface area (Å²) in [5.74, 6) is 0.281. The van der Waals surface area contributed by atoms with Gasteiger partial charge in [-0.1, -0.05) is 44.2 Å². The second-order valence-corrected chi connectivity index (χ2v) is 10.4. The predicted octanol–water partition coefficient (Wildman–Crippen LogP) is 1.82. The number of nitrogens with zero attached hydrogens (tertiary/aromatic N) is 1. The zero-order valence-electron chi connectivity index (χ0n) is 13.9. The predicted molar refractivity (Wildman–Crippen MR) is 89.5 cm³/mol. The zero-order valence-corrected chi connectivity index (χ0v) is 14.7. The Kier molecular flexibility index (Phi) is 2.62. The van der Waals surface area contributed by atoms with Gasteiger partial charge in [0.05, 0.1) is 6.04 Å². The molecule has 4 fully saturated rings. The topological polar surface area (TPSA) is 66.5 Å². The van der Waals surface area contributed by atoms with Crippen molar-refractivity contribution in [2.75, 3.05) is 0 Å². The van der Waals surface area contributed by atoms with Crippen molar-refractivity contribution in [1.82, 2.24) is 9.62 Å². The number of β-lactam (4-membered cyclic amide) rings is 1. The third-order valence-corrected chi connectivity index (χ3v) is 10.3. The molecule has 4 aliphatic rings. The quantitative estimate of drug-likeness (QED) is 0.831. The van der Waals surface area contributed by atoms with Crippen LogP contribution in [0.1, 0.15) is 44.7 Å². The molecule has 1 spiro atoms. The standard InChI is InChI=1S/C18H22N2O3S/c1-17(2)12-8-9-18(17)13(10-12)20(24(18,22)23)15-14(19-16(15)21)11-6-4-3-5-7-11/h3-7,12-15H,8-10H2,1-2H3,(H,19,21). The van der Waals surface area contributed by atoms with Crippen LogP contribution in [0.15, 0.2) is 30.3 Å². The number of hydrogen-bond acceptors (Lipinski definition) is 3. The Morgan fingerprint density at radius 3 is 2.54 bits per heavy atom. The van der Waals surface area contributed by atoms with Crippen molar-refractivity contribution < 1.29 is 13.2 Å². The second kappa shape index (κ2) is 4.22. The summed E-state index contributed by atoms with van der Waals surface area (Å²) in [6.07, 6.45) is 2.64. The number of carbonyl (C=O) groups is 1. The summed E-state index contributed by atoms with van der Waals surface area (Å²) in [4.78, 5) is 12.3. The minimum absolute atomic E-state index is 0.00138. The van der Waals surface area contributed by atoms with Crippen LogP contribution >= 0.6 is 0 Å². The normalized spacial score (nSPS) is 44.3. The summed E-state index contributed by atoms with van der Waals surface area (Å²) in [5.41, 5.74) is 0.788. The van der Waals surface area contributed by atoms with E-state index in [0.29, 0.717) is 5.92 Å². The molecule has 2 aliphatic heterocycles. The molecule has 5 nitrogen and oxygen atoms in total. The molecule has 2 heterocycles. The van der Waals surface area contributed by atoms with E-state index in [-0.39, 0.29) is 23.4 Å². The molecule has 6 heteroatoms. The number of fused-ring (bicyclic) bond motifs is 1. The first-order chi connectivity index (χ1) is 11.3. The molecule has 2 bridgehead atoms. The lowest BCUT2D eigenvalue weighted by Gasteiger charge is -2.61. The summed E-state index contributed by atoms with van der Waals surface area (Å²) in [6.45, 7) is 4.21. The molecule has 5 unspecified atom stereocenters. The van der Waals surface area contributed by atoms with Gasteiger partial charge in [-0.2, -0.15) is 4.31 Å². The van der Waals surface area contributed by atoms with Crippen LogP contribution in [0.4, 0.5) is 0 Å². The van der Waals surface area contributed by atoms with Crippen molar-refractivity contribution in [2.45, 2.75) is 56.0 Å². The average molecular weight is 346 g/mol. The first kappa shape index (κ1) is 14.9. The number of amides is 1. The second-order valence-electron chi connectivity index (χ2n) is 8.28. The van der Waals surface area contributed by atoms with Gasteiger partial charge in [0, 0.05) is 6.04 Å². The lowest BCUT2D eigenvalue weighted by atomic mass is 9.80. The molecule has 2 saturated carbocycles. The molecule has 1 amide bonds. The molecule has 0 radical (unpaired) electrons. The van der Waals surface area contributed by atoms with Gasteiger partial charge < -0.3 is 5.32 Å². The SMILES string of the molecule is CC1(C)C2CCC13C(C2)N(C1C(=O)NC1c1ccccc1)S3(=O)=O. The van der Waals surface area contributed by atoms with Crippen LogP contribution in [0.5, 0.6) is 0 Å². The summed E-state index contributed by atoms with van der Waals surface area (Å²) in [5, 5.41) is 2.89. The van der Waals surface area contributed by atoms with Crippen LogP contribution in [-0.2, 0) is 14.8 Å². The van der Waals surface area contributed by atoms with E-state index < -0.39 is 20.8 Å². The van der Waals surface area contributed by atoms with Crippen molar-refractivity contribution >= 4 is 15.9 Å². The number of rotatable bonds is 2. The van der Waals surface area contributed by atoms with Crippen LogP contribution in [0.3, 0.4) is 0 Å². The molecule has 24 heavy (non-hydrogen) atoms. The summed E-state index contributed by atoms with van der Waals surface area (Å²) in [7, 11) is -3.44. The van der Waals surface area contributed by atoms with Crippen LogP contribution in [0, 0.1) is 11.3 Å². The van der Waals surface area contributed by atoms with Crippen molar-refractivity contribution in [3.05, 3.63) is 35.9 Å². The summed E-state index contributed by atoms with van der Waals surface area (Å²) >= 11 is 0. The molecule has 1 aromatic rings. The molecule has 128 valence electrons. The highest BCUT2D eigenvalue weighted by Crippen LogP contribution is 2.71. The molecule has 2 aliphatic carbocycles. The van der Waals surface area contributed by atoms with E-state index in [9.17, 15) is 13.2 Å². The molecule has 0 aromatic heterocycles. The number of carbonyl (C=O) groups excluding carboxylic acids is 1. The fraction of sp³-hybridized carbons (Fsp3) is 0.611. The van der Waals surface area contributed by atoms with Crippen molar-refractivity contribution in [2.24, 2.45) is 11.3 Å². The lowest BCUT2D eigenvalue weighted by Crippen LogP contribution is -2.81. The van der Waals surface area contributed by atoms with E-state index in [4.69, 9.17) is 0 Å². The van der Waals surface area contributed by atoms with E-state index in [1.165, 1.54) is 0 Å². The van der Waals surface area contributed by atoms with Crippen LogP contribution < -0.4 is 5.32 Å². The molecular formula is C18H22N2O3S. The summed E-state index contributed by atoms with van der Waals surface area (Å²) in [6, 6.07) is 8.85. The maximum absolute atomic E-state index is 13.3. The highest BCUT2D eigenvalue weighted by Gasteiger charge is 2.82. The first-order valence-corrected chi connectivity index (χ1v) is 10.1. The largest absolute Gasteiger partial charge is 0.346 e. The highest BCUT2D eigenvalue weighted by molar-refractivity contribution is 7.92. The molecular weight excluding hydrogens is 324 g/mol. The number of sulfonamides is 1. The van der Waals surface area contributed by atoms with E-state index >= 15 is 0 Å². The third-order valence-electron chi connectivity index (χ3n) is 7.38. The maximum atomic E-state index is 13.3. The fourth-order valence-electron chi connectivity index (χ4n) is 6.04. The van der Waals surface area contributed by atoms with Gasteiger partial charge in [0.2, 0.25) is 15.9 Å². The van der Waals surface area contributed by atoms with Crippen molar-refractivity contribution in [3.63, 3.8) is 0 Å². The van der Waals surface area contributed by atoms with E-state index in [1.54, 1.807) is 4.31 Å². The van der Waals surface area contributed by atoms with Crippen LogP contribution in [-0.4, -0.2) is 35.5 Å². The van der Waals surface area contributed by atoms with Gasteiger partial charge >= 0.3 is 0 Å². The minimum atomic E-state index is -3.44. The van der Waals surface area contributed by atoms with E-state index in [2.05, 4.69) is 19.2 Å². The zero-order chi connectivity index (χ0) is 16.9. The van der Waals surface area contributed by atoms with Gasteiger partial charge in [-0.15, -0.1) is 0 Å². The number of nitrogens with one attached hydrogen (secondary N) is 1. The Morgan fingerprint density at radius 1 is 1.21 bits per heavy atom. The molecule has 2 saturated heterocycles. The smallest absolute Gasteiger partial charge is 0.241 e. The molecule has 5 rings (SSSR count). The minimum Gasteiger partial charge on any atom is -0.346 e.